The van der Waals surface area contributed by atoms with E-state index in [1.165, 1.54) is 0 Å². The highest BCUT2D eigenvalue weighted by molar-refractivity contribution is 6.30. The number of aromatic nitrogens is 4. The Bertz CT molecular complexity index is 964. The molecule has 0 unspecified atom stereocenters. The summed E-state index contributed by atoms with van der Waals surface area (Å²) in [6.45, 7) is 3.99. The Kier molecular flexibility index (Phi) is 4.94. The fourth-order valence-electron chi connectivity index (χ4n) is 3.41. The Morgan fingerprint density at radius 3 is 2.81 bits per heavy atom. The molecule has 1 saturated heterocycles. The van der Waals surface area contributed by atoms with Crippen LogP contribution in [0.4, 0.5) is 5.82 Å². The number of hydrogen-bond acceptors (Lipinski definition) is 5. The molecule has 7 nitrogen and oxygen atoms in total. The Hall–Kier alpha value is -2.67. The number of halogens is 1. The van der Waals surface area contributed by atoms with Gasteiger partial charge in [0.05, 0.1) is 0 Å². The molecule has 1 aliphatic rings. The number of piperidine rings is 1. The van der Waals surface area contributed by atoms with E-state index in [0.29, 0.717) is 11.6 Å². The topological polar surface area (TPSA) is 75.4 Å². The van der Waals surface area contributed by atoms with Gasteiger partial charge in [0.15, 0.2) is 11.5 Å². The van der Waals surface area contributed by atoms with Crippen molar-refractivity contribution in [2.75, 3.05) is 18.0 Å². The summed E-state index contributed by atoms with van der Waals surface area (Å²) in [5, 5.41) is 16.4. The van der Waals surface area contributed by atoms with Gasteiger partial charge in [-0.15, -0.1) is 15.3 Å². The summed E-state index contributed by atoms with van der Waals surface area (Å²) in [4.78, 5) is 14.7. The van der Waals surface area contributed by atoms with E-state index in [9.17, 15) is 4.79 Å². The maximum Gasteiger partial charge on any atom is 0.223 e. The third-order valence-corrected chi connectivity index (χ3v) is 5.19. The molecule has 0 aliphatic carbocycles. The van der Waals surface area contributed by atoms with Gasteiger partial charge in [-0.25, -0.2) is 0 Å². The van der Waals surface area contributed by atoms with Gasteiger partial charge in [0.2, 0.25) is 5.91 Å². The number of fused-ring (bicyclic) bond motifs is 1. The zero-order valence-electron chi connectivity index (χ0n) is 15.1. The van der Waals surface area contributed by atoms with E-state index in [0.717, 1.165) is 48.8 Å². The number of rotatable bonds is 4. The van der Waals surface area contributed by atoms with E-state index in [4.69, 9.17) is 11.6 Å². The number of hydrogen-bond donors (Lipinski definition) is 1. The molecule has 4 rings (SSSR count). The zero-order valence-corrected chi connectivity index (χ0v) is 15.9. The number of carbonyl (C=O) groups excluding carboxylic acids is 1. The van der Waals surface area contributed by atoms with E-state index >= 15 is 0 Å². The number of anilines is 1. The average molecular weight is 385 g/mol. The largest absolute Gasteiger partial charge is 0.355 e. The summed E-state index contributed by atoms with van der Waals surface area (Å²) in [7, 11) is 0. The predicted octanol–water partition coefficient (Wildman–Crippen LogP) is 2.62. The lowest BCUT2D eigenvalue weighted by atomic mass is 9.96. The second kappa shape index (κ2) is 7.52. The molecule has 1 aliphatic heterocycles. The van der Waals surface area contributed by atoms with Crippen molar-refractivity contribution in [3.63, 3.8) is 0 Å². The Morgan fingerprint density at radius 2 is 2.04 bits per heavy atom. The van der Waals surface area contributed by atoms with Gasteiger partial charge in [-0.3, -0.25) is 4.79 Å². The molecule has 2 aromatic heterocycles. The molecule has 8 heteroatoms. The summed E-state index contributed by atoms with van der Waals surface area (Å²) < 4.78 is 1.75. The van der Waals surface area contributed by atoms with Gasteiger partial charge < -0.3 is 10.2 Å². The van der Waals surface area contributed by atoms with Crippen LogP contribution in [0.3, 0.4) is 0 Å². The van der Waals surface area contributed by atoms with Gasteiger partial charge in [0, 0.05) is 30.6 Å². The highest BCUT2D eigenvalue weighted by Gasteiger charge is 2.25. The summed E-state index contributed by atoms with van der Waals surface area (Å²) in [6.07, 6.45) is 1.62. The third kappa shape index (κ3) is 3.88. The normalized spacial score (nSPS) is 15.3. The smallest absolute Gasteiger partial charge is 0.223 e. The lowest BCUT2D eigenvalue weighted by Crippen LogP contribution is -2.40. The highest BCUT2D eigenvalue weighted by Crippen LogP contribution is 2.22. The van der Waals surface area contributed by atoms with Crippen molar-refractivity contribution >= 4 is 29.0 Å². The van der Waals surface area contributed by atoms with Gasteiger partial charge in [-0.1, -0.05) is 23.7 Å². The maximum atomic E-state index is 12.5. The number of nitrogens with zero attached hydrogens (tertiary/aromatic N) is 5. The van der Waals surface area contributed by atoms with Crippen LogP contribution in [-0.4, -0.2) is 38.8 Å². The molecule has 0 bridgehead atoms. The molecule has 0 atom stereocenters. The minimum absolute atomic E-state index is 0.0285. The van der Waals surface area contributed by atoms with Crippen LogP contribution in [-0.2, 0) is 11.3 Å². The monoisotopic (exact) mass is 384 g/mol. The summed E-state index contributed by atoms with van der Waals surface area (Å²) in [6, 6.07) is 11.4. The maximum absolute atomic E-state index is 12.5. The average Bonchev–Trinajstić information content (AvgIpc) is 3.07. The van der Waals surface area contributed by atoms with E-state index in [-0.39, 0.29) is 11.8 Å². The van der Waals surface area contributed by atoms with E-state index in [1.54, 1.807) is 4.52 Å². The Morgan fingerprint density at radius 1 is 1.22 bits per heavy atom. The van der Waals surface area contributed by atoms with Crippen molar-refractivity contribution in [2.45, 2.75) is 26.3 Å². The number of carbonyl (C=O) groups is 1. The molecule has 1 amide bonds. The first-order valence-electron chi connectivity index (χ1n) is 9.06. The van der Waals surface area contributed by atoms with Gasteiger partial charge in [-0.05, 0) is 49.6 Å². The van der Waals surface area contributed by atoms with Crippen LogP contribution >= 0.6 is 11.6 Å². The number of aryl methyl sites for hydroxylation is 1. The second-order valence-corrected chi connectivity index (χ2v) is 7.25. The van der Waals surface area contributed by atoms with Crippen molar-refractivity contribution in [1.82, 2.24) is 25.1 Å². The summed E-state index contributed by atoms with van der Waals surface area (Å²) >= 11 is 5.99. The van der Waals surface area contributed by atoms with Gasteiger partial charge in [0.1, 0.15) is 5.82 Å². The Labute approximate surface area is 162 Å². The molecular weight excluding hydrogens is 364 g/mol. The van der Waals surface area contributed by atoms with E-state index < -0.39 is 0 Å². The molecule has 3 aromatic rings. The molecule has 1 fully saturated rings. The second-order valence-electron chi connectivity index (χ2n) is 6.82. The third-order valence-electron chi connectivity index (χ3n) is 4.95. The highest BCUT2D eigenvalue weighted by atomic mass is 35.5. The summed E-state index contributed by atoms with van der Waals surface area (Å²) in [5.74, 6) is 1.79. The van der Waals surface area contributed by atoms with Crippen LogP contribution in [0.5, 0.6) is 0 Å². The predicted molar refractivity (Wildman–Crippen MR) is 104 cm³/mol. The van der Waals surface area contributed by atoms with Crippen LogP contribution in [0.2, 0.25) is 5.02 Å². The molecule has 1 aromatic carbocycles. The van der Waals surface area contributed by atoms with Gasteiger partial charge >= 0.3 is 0 Å². The van der Waals surface area contributed by atoms with E-state index in [1.807, 2.05) is 43.3 Å². The van der Waals surface area contributed by atoms with Gasteiger partial charge in [-0.2, -0.15) is 4.52 Å². The molecule has 3 heterocycles. The van der Waals surface area contributed by atoms with E-state index in [2.05, 4.69) is 25.5 Å². The van der Waals surface area contributed by atoms with Crippen molar-refractivity contribution in [2.24, 2.45) is 5.92 Å². The van der Waals surface area contributed by atoms with Crippen molar-refractivity contribution in [3.05, 3.63) is 52.8 Å². The van der Waals surface area contributed by atoms with Crippen molar-refractivity contribution in [1.29, 1.82) is 0 Å². The SMILES string of the molecule is Cc1nnc2ccc(N3CCC(C(=O)NCc4cccc(Cl)c4)CC3)nn12. The van der Waals surface area contributed by atoms with Crippen LogP contribution in [0, 0.1) is 12.8 Å². The quantitative estimate of drug-likeness (QED) is 0.748. The number of benzene rings is 1. The fourth-order valence-corrected chi connectivity index (χ4v) is 3.62. The lowest BCUT2D eigenvalue weighted by molar-refractivity contribution is -0.125. The molecule has 0 saturated carbocycles. The van der Waals surface area contributed by atoms with Crippen molar-refractivity contribution in [3.8, 4) is 0 Å². The van der Waals surface area contributed by atoms with Crippen LogP contribution in [0.1, 0.15) is 24.2 Å². The summed E-state index contributed by atoms with van der Waals surface area (Å²) in [5.41, 5.74) is 1.75. The lowest BCUT2D eigenvalue weighted by Gasteiger charge is -2.32. The fraction of sp³-hybridized carbons (Fsp3) is 0.368. The minimum Gasteiger partial charge on any atom is -0.355 e. The van der Waals surface area contributed by atoms with Crippen LogP contribution in [0.15, 0.2) is 36.4 Å². The number of amides is 1. The standard InChI is InChI=1S/C19H21ClN6O/c1-13-22-23-17-5-6-18(24-26(13)17)25-9-7-15(8-10-25)19(27)21-12-14-3-2-4-16(20)11-14/h2-6,11,15H,7-10,12H2,1H3,(H,21,27). The first kappa shape index (κ1) is 17.7. The zero-order chi connectivity index (χ0) is 18.8. The van der Waals surface area contributed by atoms with Gasteiger partial charge in [0.25, 0.3) is 0 Å². The first-order chi connectivity index (χ1) is 13.1. The molecule has 1 N–H and O–H groups in total. The molecule has 0 spiro atoms. The molecular formula is C19H21ClN6O. The minimum atomic E-state index is 0.0285. The Balaban J connectivity index is 1.33. The number of nitrogens with one attached hydrogen (secondary N) is 1. The molecule has 140 valence electrons. The van der Waals surface area contributed by atoms with Crippen LogP contribution in [0.25, 0.3) is 5.65 Å². The first-order valence-corrected chi connectivity index (χ1v) is 9.44. The molecule has 27 heavy (non-hydrogen) atoms. The van der Waals surface area contributed by atoms with Crippen LogP contribution < -0.4 is 10.2 Å². The molecule has 0 radical (unpaired) electrons. The van der Waals surface area contributed by atoms with Crippen molar-refractivity contribution < 1.29 is 4.79 Å².